The fraction of sp³-hybridized carbons (Fsp3) is 0.809. The molecule has 2 aliphatic rings. The molecule has 1 aromatic rings. The van der Waals surface area contributed by atoms with Gasteiger partial charge in [-0.25, -0.2) is 4.79 Å². The molecular weight excluding hydrogens is 939 g/mol. The molecule has 3 heterocycles. The van der Waals surface area contributed by atoms with Gasteiger partial charge in [-0.1, -0.05) is 90.4 Å². The second-order valence-electron chi connectivity index (χ2n) is 18.6. The lowest BCUT2D eigenvalue weighted by Gasteiger charge is -2.35. The molecule has 19 N–H and O–H groups in total. The zero-order chi connectivity index (χ0) is 52.8. The number of hydrogen-bond donors (Lipinski definition) is 14. The third-order valence-electron chi connectivity index (χ3n) is 12.7. The predicted octanol–water partition coefficient (Wildman–Crippen LogP) is -2.01. The van der Waals surface area contributed by atoms with Gasteiger partial charge in [0.25, 0.3) is 5.56 Å². The highest BCUT2D eigenvalue weighted by Gasteiger charge is 2.54. The zero-order valence-electron chi connectivity index (χ0n) is 42.2. The summed E-state index contributed by atoms with van der Waals surface area (Å²) >= 11 is 0. The van der Waals surface area contributed by atoms with E-state index in [1.54, 1.807) is 0 Å². The molecule has 3 amide bonds. The van der Waals surface area contributed by atoms with Crippen molar-refractivity contribution in [3.63, 3.8) is 0 Å². The van der Waals surface area contributed by atoms with Crippen molar-refractivity contribution in [2.24, 2.45) is 38.7 Å². The number of H-pyrrole nitrogens is 1. The number of carbonyl (C=O) groups excluding carboxylic acids is 3. The first-order valence-electron chi connectivity index (χ1n) is 26.0. The first-order valence-corrected chi connectivity index (χ1v) is 26.0. The van der Waals surface area contributed by atoms with Crippen LogP contribution in [0.15, 0.2) is 31.8 Å². The highest BCUT2D eigenvalue weighted by molar-refractivity contribution is 5.87. The summed E-state index contributed by atoms with van der Waals surface area (Å²) in [7, 11) is 0. The molecular formula is C47H87N13O12. The molecule has 11 atom stereocenters. The van der Waals surface area contributed by atoms with Gasteiger partial charge in [0.1, 0.15) is 54.8 Å². The molecule has 25 heteroatoms. The van der Waals surface area contributed by atoms with Gasteiger partial charge in [0.2, 0.25) is 17.7 Å². The first-order chi connectivity index (χ1) is 34.6. The molecule has 0 aliphatic carbocycles. The van der Waals surface area contributed by atoms with Gasteiger partial charge in [-0.15, -0.1) is 0 Å². The van der Waals surface area contributed by atoms with Crippen LogP contribution in [0.3, 0.4) is 0 Å². The number of aliphatic imine (C=N–C) groups is 2. The van der Waals surface area contributed by atoms with Crippen molar-refractivity contribution < 1.29 is 49.0 Å². The number of aromatic amines is 1. The minimum atomic E-state index is -1.84. The van der Waals surface area contributed by atoms with Gasteiger partial charge in [0.15, 0.2) is 24.4 Å². The van der Waals surface area contributed by atoms with Crippen LogP contribution in [0.25, 0.3) is 0 Å². The van der Waals surface area contributed by atoms with Crippen LogP contribution in [0.4, 0.5) is 0 Å². The maximum absolute atomic E-state index is 14.2. The topological polar surface area (TPSA) is 418 Å². The quantitative estimate of drug-likeness (QED) is 0.0193. The maximum Gasteiger partial charge on any atom is 0.330 e. The van der Waals surface area contributed by atoms with Gasteiger partial charge in [-0.05, 0) is 45.1 Å². The van der Waals surface area contributed by atoms with Crippen LogP contribution in [-0.2, 0) is 28.6 Å². The van der Waals surface area contributed by atoms with Crippen molar-refractivity contribution in [1.29, 1.82) is 0 Å². The second-order valence-corrected chi connectivity index (χ2v) is 18.6. The number of carbonyl (C=O) groups is 3. The smallest absolute Gasteiger partial charge is 0.330 e. The van der Waals surface area contributed by atoms with Gasteiger partial charge < -0.3 is 84.6 Å². The lowest BCUT2D eigenvalue weighted by Crippen LogP contribution is -2.60. The van der Waals surface area contributed by atoms with Crippen molar-refractivity contribution in [3.05, 3.63) is 33.1 Å². The van der Waals surface area contributed by atoms with Crippen LogP contribution in [0.2, 0.25) is 0 Å². The van der Waals surface area contributed by atoms with E-state index in [-0.39, 0.29) is 69.8 Å². The number of rotatable bonds is 38. The Morgan fingerprint density at radius 2 is 1.31 bits per heavy atom. The van der Waals surface area contributed by atoms with Gasteiger partial charge in [0, 0.05) is 51.4 Å². The number of amides is 3. The number of aromatic nitrogens is 2. The second kappa shape index (κ2) is 34.6. The highest BCUT2D eigenvalue weighted by Crippen LogP contribution is 2.34. The highest BCUT2D eigenvalue weighted by atomic mass is 16.7. The van der Waals surface area contributed by atoms with Crippen LogP contribution < -0.4 is 61.2 Å². The Morgan fingerprint density at radius 1 is 0.722 bits per heavy atom. The molecule has 0 spiro atoms. The van der Waals surface area contributed by atoms with Crippen LogP contribution >= 0.6 is 0 Å². The van der Waals surface area contributed by atoms with Crippen molar-refractivity contribution in [1.82, 2.24) is 30.8 Å². The average Bonchev–Trinajstić information content (AvgIpc) is 3.79. The first kappa shape index (κ1) is 61.6. The van der Waals surface area contributed by atoms with Gasteiger partial charge in [-0.3, -0.25) is 38.7 Å². The Kier molecular flexibility index (Phi) is 29.6. The molecule has 2 fully saturated rings. The number of aliphatic hydroxyl groups excluding tert-OH is 4. The lowest BCUT2D eigenvalue weighted by molar-refractivity contribution is -0.226. The molecule has 412 valence electrons. The molecule has 3 rings (SSSR count). The summed E-state index contributed by atoms with van der Waals surface area (Å²) in [5.74, 6) is -1.55. The summed E-state index contributed by atoms with van der Waals surface area (Å²) in [5, 5.41) is 55.8. The van der Waals surface area contributed by atoms with Crippen molar-refractivity contribution in [2.75, 3.05) is 39.3 Å². The predicted molar refractivity (Wildman–Crippen MR) is 271 cm³/mol. The summed E-state index contributed by atoms with van der Waals surface area (Å²) < 4.78 is 18.8. The molecule has 2 saturated heterocycles. The van der Waals surface area contributed by atoms with E-state index in [4.69, 9.17) is 42.9 Å². The Morgan fingerprint density at radius 3 is 1.89 bits per heavy atom. The van der Waals surface area contributed by atoms with E-state index in [0.29, 0.717) is 32.2 Å². The summed E-state index contributed by atoms with van der Waals surface area (Å²) in [6.07, 6.45) is 5.47. The Hall–Kier alpha value is -4.73. The third-order valence-corrected chi connectivity index (χ3v) is 12.7. The van der Waals surface area contributed by atoms with E-state index < -0.39 is 90.4 Å². The Bertz CT molecular complexity index is 1900. The number of guanidine groups is 2. The number of nitrogens with one attached hydrogen (secondary N) is 5. The van der Waals surface area contributed by atoms with Gasteiger partial charge in [0.05, 0.1) is 0 Å². The van der Waals surface area contributed by atoms with E-state index in [2.05, 4.69) is 43.2 Å². The normalized spacial score (nSPS) is 23.0. The Balaban J connectivity index is 1.68. The average molecular weight is 1030 g/mol. The molecule has 72 heavy (non-hydrogen) atoms. The fourth-order valence-corrected chi connectivity index (χ4v) is 8.66. The summed E-state index contributed by atoms with van der Waals surface area (Å²) in [6, 6.07) is -1.33. The largest absolute Gasteiger partial charge is 0.387 e. The molecule has 2 aliphatic heterocycles. The number of hydrogen-bond acceptors (Lipinski definition) is 16. The van der Waals surface area contributed by atoms with E-state index in [9.17, 15) is 44.4 Å². The summed E-state index contributed by atoms with van der Waals surface area (Å²) in [4.78, 5) is 75.4. The van der Waals surface area contributed by atoms with Crippen LogP contribution in [0.5, 0.6) is 0 Å². The molecule has 0 unspecified atom stereocenters. The van der Waals surface area contributed by atoms with Gasteiger partial charge >= 0.3 is 5.69 Å². The van der Waals surface area contributed by atoms with Crippen LogP contribution in [-0.4, -0.2) is 160 Å². The number of nitrogens with zero attached hydrogens (tertiary/aromatic N) is 3. The lowest BCUT2D eigenvalue weighted by atomic mass is 9.98. The molecule has 0 saturated carbocycles. The molecule has 0 radical (unpaired) electrons. The van der Waals surface area contributed by atoms with Crippen molar-refractivity contribution >= 4 is 29.6 Å². The van der Waals surface area contributed by atoms with Crippen molar-refractivity contribution in [2.45, 2.75) is 203 Å². The maximum atomic E-state index is 14.2. The van der Waals surface area contributed by atoms with Crippen molar-refractivity contribution in [3.8, 4) is 0 Å². The minimum Gasteiger partial charge on any atom is -0.387 e. The van der Waals surface area contributed by atoms with Crippen LogP contribution in [0.1, 0.15) is 142 Å². The summed E-state index contributed by atoms with van der Waals surface area (Å²) in [6.45, 7) is 2.78. The minimum absolute atomic E-state index is 0.0136. The van der Waals surface area contributed by atoms with E-state index in [1.807, 2.05) is 0 Å². The molecule has 25 nitrogen and oxygen atoms in total. The molecule has 0 bridgehead atoms. The fourth-order valence-electron chi connectivity index (χ4n) is 8.66. The van der Waals surface area contributed by atoms with E-state index in [0.717, 1.165) is 36.1 Å². The molecule has 1 aromatic heterocycles. The van der Waals surface area contributed by atoms with E-state index in [1.165, 1.54) is 64.2 Å². The zero-order valence-corrected chi connectivity index (χ0v) is 42.2. The SMILES string of the molecule is CCCCCCCCCCCCCCCCC(=O)N[C@@H](CCCN=C(N)N)C(=O)NCCCN[C@H](C(=O)NCCCCN=C(N)N)[C@H](O[C@@H]1O[C@H](CN)[C@@H](O)[C@H]1O)[C@H]1O[C@@H](n2ccc(=O)[nH]c2=O)[C@H](O)[C@@H]1O. The monoisotopic (exact) mass is 1030 g/mol. The number of nitrogens with two attached hydrogens (primary N) is 5. The molecule has 0 aromatic carbocycles. The van der Waals surface area contributed by atoms with Gasteiger partial charge in [-0.2, -0.15) is 0 Å². The number of ether oxygens (including phenoxy) is 3. The third kappa shape index (κ3) is 22.2. The number of aliphatic hydroxyl groups is 4. The number of unbranched alkanes of at least 4 members (excludes halogenated alkanes) is 14. The Labute approximate surface area is 422 Å². The van der Waals surface area contributed by atoms with E-state index >= 15 is 0 Å². The summed E-state index contributed by atoms with van der Waals surface area (Å²) in [5.41, 5.74) is 25.9. The standard InChI is InChI=1S/C47H87N13O12/c1-2-3-4-5-6-7-8-9-10-11-12-13-14-15-21-32(61)58-30(20-18-25-57-46(51)52)41(67)54-27-19-26-53-34(42(68)55-23-16-17-24-56-45(49)50)39(72-44-38(66)35(63)31(29-48)70-44)40-36(64)37(65)43(71-40)60-28-22-33(62)59-47(60)69/h22,28,30-31,34-40,43-44,53,63-66H,2-21,23-27,29,48H2,1H3,(H,54,67)(H,55,68)(H,58,61)(H4,49,50,56)(H4,51,52,57)(H,59,62,69)/t30-,31+,34-,35+,36-,37+,38+,39-,40-,43+,44-/m0/s1. The van der Waals surface area contributed by atoms with Crippen LogP contribution in [0, 0.1) is 0 Å².